The van der Waals surface area contributed by atoms with Crippen molar-refractivity contribution in [2.24, 2.45) is 17.1 Å². The van der Waals surface area contributed by atoms with Gasteiger partial charge < -0.3 is 10.5 Å². The molecule has 1 fully saturated rings. The minimum Gasteiger partial charge on any atom is -0.381 e. The Hall–Kier alpha value is -0.570. The summed E-state index contributed by atoms with van der Waals surface area (Å²) < 4.78 is 4.96. The smallest absolute Gasteiger partial charge is 0.223 e. The third-order valence-corrected chi connectivity index (χ3v) is 2.29. The number of hydrogen-bond donors (Lipinski definition) is 1. The molecule has 10 heavy (non-hydrogen) atoms. The van der Waals surface area contributed by atoms with Crippen LogP contribution in [0.2, 0.25) is 0 Å². The maximum absolute atomic E-state index is 10.8. The van der Waals surface area contributed by atoms with E-state index in [-0.39, 0.29) is 5.91 Å². The molecule has 0 aromatic heterocycles. The molecule has 2 N–H and O–H groups in total. The van der Waals surface area contributed by atoms with Crippen LogP contribution in [0.5, 0.6) is 0 Å². The monoisotopic (exact) mass is 143 g/mol. The standard InChI is InChI=1S/C7H13NO2/c1-7(2,6(8)9)5-3-10-4-5/h5H,3-4H2,1-2H3,(H2,8,9). The van der Waals surface area contributed by atoms with Gasteiger partial charge in [-0.3, -0.25) is 4.79 Å². The predicted molar refractivity (Wildman–Crippen MR) is 37.3 cm³/mol. The van der Waals surface area contributed by atoms with E-state index >= 15 is 0 Å². The molecule has 58 valence electrons. The molecule has 1 heterocycles. The Morgan fingerprint density at radius 3 is 2.20 bits per heavy atom. The number of amides is 1. The van der Waals surface area contributed by atoms with Crippen molar-refractivity contribution in [3.8, 4) is 0 Å². The maximum Gasteiger partial charge on any atom is 0.223 e. The van der Waals surface area contributed by atoms with Crippen molar-refractivity contribution in [1.29, 1.82) is 0 Å². The molecule has 0 saturated carbocycles. The first-order valence-corrected chi connectivity index (χ1v) is 3.43. The summed E-state index contributed by atoms with van der Waals surface area (Å²) in [7, 11) is 0. The largest absolute Gasteiger partial charge is 0.381 e. The highest BCUT2D eigenvalue weighted by Gasteiger charge is 2.39. The van der Waals surface area contributed by atoms with Gasteiger partial charge in [0.1, 0.15) is 0 Å². The van der Waals surface area contributed by atoms with Gasteiger partial charge in [0.2, 0.25) is 5.91 Å². The summed E-state index contributed by atoms with van der Waals surface area (Å²) >= 11 is 0. The van der Waals surface area contributed by atoms with Crippen LogP contribution in [0.25, 0.3) is 0 Å². The first kappa shape index (κ1) is 7.54. The van der Waals surface area contributed by atoms with Crippen molar-refractivity contribution in [3.63, 3.8) is 0 Å². The molecule has 0 unspecified atom stereocenters. The molecule has 1 aliphatic heterocycles. The lowest BCUT2D eigenvalue weighted by Crippen LogP contribution is -2.47. The van der Waals surface area contributed by atoms with Gasteiger partial charge in [-0.05, 0) is 0 Å². The highest BCUT2D eigenvalue weighted by atomic mass is 16.5. The van der Waals surface area contributed by atoms with E-state index in [2.05, 4.69) is 0 Å². The number of hydrogen-bond acceptors (Lipinski definition) is 2. The second-order valence-corrected chi connectivity index (χ2v) is 3.32. The van der Waals surface area contributed by atoms with Crippen molar-refractivity contribution >= 4 is 5.91 Å². The van der Waals surface area contributed by atoms with Crippen LogP contribution in [0.4, 0.5) is 0 Å². The molecule has 0 aliphatic carbocycles. The van der Waals surface area contributed by atoms with Crippen molar-refractivity contribution in [3.05, 3.63) is 0 Å². The molecule has 0 aromatic carbocycles. The van der Waals surface area contributed by atoms with Gasteiger partial charge in [-0.25, -0.2) is 0 Å². The number of rotatable bonds is 2. The van der Waals surface area contributed by atoms with Gasteiger partial charge >= 0.3 is 0 Å². The van der Waals surface area contributed by atoms with Crippen LogP contribution in [-0.4, -0.2) is 19.1 Å². The third kappa shape index (κ3) is 1.01. The van der Waals surface area contributed by atoms with Crippen LogP contribution in [0.1, 0.15) is 13.8 Å². The second kappa shape index (κ2) is 2.23. The van der Waals surface area contributed by atoms with E-state index in [1.165, 1.54) is 0 Å². The molecule has 3 nitrogen and oxygen atoms in total. The molecule has 0 atom stereocenters. The van der Waals surface area contributed by atoms with E-state index in [4.69, 9.17) is 10.5 Å². The van der Waals surface area contributed by atoms with Gasteiger partial charge in [0.05, 0.1) is 18.6 Å². The van der Waals surface area contributed by atoms with Crippen molar-refractivity contribution < 1.29 is 9.53 Å². The van der Waals surface area contributed by atoms with Crippen molar-refractivity contribution in [1.82, 2.24) is 0 Å². The summed E-state index contributed by atoms with van der Waals surface area (Å²) in [5.74, 6) is 0.0887. The summed E-state index contributed by atoms with van der Waals surface area (Å²) in [4.78, 5) is 10.8. The lowest BCUT2D eigenvalue weighted by atomic mass is 9.77. The Labute approximate surface area is 60.5 Å². The molecule has 0 spiro atoms. The van der Waals surface area contributed by atoms with E-state index in [0.29, 0.717) is 19.1 Å². The van der Waals surface area contributed by atoms with Crippen LogP contribution in [0.3, 0.4) is 0 Å². The molecule has 1 saturated heterocycles. The van der Waals surface area contributed by atoms with Crippen LogP contribution >= 0.6 is 0 Å². The Morgan fingerprint density at radius 2 is 2.10 bits per heavy atom. The second-order valence-electron chi connectivity index (χ2n) is 3.32. The van der Waals surface area contributed by atoms with Crippen LogP contribution in [0, 0.1) is 11.3 Å². The van der Waals surface area contributed by atoms with Gasteiger partial charge in [-0.2, -0.15) is 0 Å². The molecule has 1 aliphatic rings. The number of primary amides is 1. The zero-order chi connectivity index (χ0) is 7.78. The fourth-order valence-electron chi connectivity index (χ4n) is 0.854. The average molecular weight is 143 g/mol. The molecule has 1 amide bonds. The van der Waals surface area contributed by atoms with Gasteiger partial charge in [0, 0.05) is 5.92 Å². The number of carbonyl (C=O) groups is 1. The summed E-state index contributed by atoms with van der Waals surface area (Å²) in [6, 6.07) is 0. The van der Waals surface area contributed by atoms with Gasteiger partial charge in [-0.15, -0.1) is 0 Å². The predicted octanol–water partition coefficient (Wildman–Crippen LogP) is 0.144. The first-order chi connectivity index (χ1) is 4.55. The minimum atomic E-state index is -0.391. The summed E-state index contributed by atoms with van der Waals surface area (Å²) in [5.41, 5.74) is 4.80. The highest BCUT2D eigenvalue weighted by Crippen LogP contribution is 2.31. The van der Waals surface area contributed by atoms with E-state index in [1.807, 2.05) is 13.8 Å². The molecular weight excluding hydrogens is 130 g/mol. The molecule has 1 rings (SSSR count). The lowest BCUT2D eigenvalue weighted by molar-refractivity contribution is -0.142. The summed E-state index contributed by atoms with van der Waals surface area (Å²) in [5, 5.41) is 0. The fourth-order valence-corrected chi connectivity index (χ4v) is 0.854. The molecular formula is C7H13NO2. The third-order valence-electron chi connectivity index (χ3n) is 2.29. The van der Waals surface area contributed by atoms with E-state index in [9.17, 15) is 4.79 Å². The Bertz CT molecular complexity index is 150. The number of ether oxygens (including phenoxy) is 1. The maximum atomic E-state index is 10.8. The Morgan fingerprint density at radius 1 is 1.60 bits per heavy atom. The van der Waals surface area contributed by atoms with E-state index in [1.54, 1.807) is 0 Å². The van der Waals surface area contributed by atoms with Gasteiger partial charge in [0.15, 0.2) is 0 Å². The fraction of sp³-hybridized carbons (Fsp3) is 0.857. The van der Waals surface area contributed by atoms with Crippen molar-refractivity contribution in [2.45, 2.75) is 13.8 Å². The summed E-state index contributed by atoms with van der Waals surface area (Å²) in [6.07, 6.45) is 0. The quantitative estimate of drug-likeness (QED) is 0.598. The molecule has 0 aromatic rings. The SMILES string of the molecule is CC(C)(C(N)=O)C1COC1. The van der Waals surface area contributed by atoms with Crippen LogP contribution in [-0.2, 0) is 9.53 Å². The molecule has 0 radical (unpaired) electrons. The van der Waals surface area contributed by atoms with Gasteiger partial charge in [-0.1, -0.05) is 13.8 Å². The number of carbonyl (C=O) groups excluding carboxylic acids is 1. The van der Waals surface area contributed by atoms with E-state index in [0.717, 1.165) is 0 Å². The topological polar surface area (TPSA) is 52.3 Å². The molecule has 0 bridgehead atoms. The minimum absolute atomic E-state index is 0.235. The first-order valence-electron chi connectivity index (χ1n) is 3.43. The highest BCUT2D eigenvalue weighted by molar-refractivity contribution is 5.80. The van der Waals surface area contributed by atoms with Crippen LogP contribution < -0.4 is 5.73 Å². The number of nitrogens with two attached hydrogens (primary N) is 1. The summed E-state index contributed by atoms with van der Waals surface area (Å²) in [6.45, 7) is 5.08. The normalized spacial score (nSPS) is 20.2. The van der Waals surface area contributed by atoms with Crippen molar-refractivity contribution in [2.75, 3.05) is 13.2 Å². The van der Waals surface area contributed by atoms with Gasteiger partial charge in [0.25, 0.3) is 0 Å². The van der Waals surface area contributed by atoms with E-state index < -0.39 is 5.41 Å². The molecule has 3 heteroatoms. The average Bonchev–Trinajstić information content (AvgIpc) is 1.57. The van der Waals surface area contributed by atoms with Crippen LogP contribution in [0.15, 0.2) is 0 Å². The zero-order valence-electron chi connectivity index (χ0n) is 6.39. The Balaban J connectivity index is 2.57. The zero-order valence-corrected chi connectivity index (χ0v) is 6.39. The Kier molecular flexibility index (Phi) is 1.68. The lowest BCUT2D eigenvalue weighted by Gasteiger charge is -2.37.